The van der Waals surface area contributed by atoms with E-state index in [-0.39, 0.29) is 23.8 Å². The van der Waals surface area contributed by atoms with Crippen molar-refractivity contribution >= 4 is 28.9 Å². The van der Waals surface area contributed by atoms with Gasteiger partial charge in [-0.25, -0.2) is 0 Å². The van der Waals surface area contributed by atoms with E-state index in [1.165, 1.54) is 13.0 Å². The van der Waals surface area contributed by atoms with Crippen LogP contribution in [-0.4, -0.2) is 30.9 Å². The Morgan fingerprint density at radius 1 is 1.06 bits per heavy atom. The molecule has 1 unspecified atom stereocenters. The lowest BCUT2D eigenvalue weighted by molar-refractivity contribution is -0.137. The standard InChI is InChI=1S/C24H26F3N3O2/c1-15-12-18-6-7-20(14-22(18)30(15)16(2)31)28-23(32)17-8-10-29(11-9-17)21-5-3-4-19(13-21)24(25,26)27/h3-7,13-15,17H,8-12H2,1-2H3,(H,28,32). The lowest BCUT2D eigenvalue weighted by Gasteiger charge is -2.33. The van der Waals surface area contributed by atoms with Gasteiger partial charge in [-0.2, -0.15) is 13.2 Å². The number of fused-ring (bicyclic) bond motifs is 1. The van der Waals surface area contributed by atoms with E-state index >= 15 is 0 Å². The maximum atomic E-state index is 13.0. The van der Waals surface area contributed by atoms with Crippen LogP contribution in [0.15, 0.2) is 42.5 Å². The molecule has 5 nitrogen and oxygen atoms in total. The van der Waals surface area contributed by atoms with Crippen LogP contribution < -0.4 is 15.1 Å². The molecule has 8 heteroatoms. The zero-order chi connectivity index (χ0) is 23.0. The first-order chi connectivity index (χ1) is 15.1. The quantitative estimate of drug-likeness (QED) is 0.734. The molecule has 1 fully saturated rings. The monoisotopic (exact) mass is 445 g/mol. The number of nitrogens with one attached hydrogen (secondary N) is 1. The average Bonchev–Trinajstić information content (AvgIpc) is 3.08. The molecule has 0 spiro atoms. The summed E-state index contributed by atoms with van der Waals surface area (Å²) in [5, 5.41) is 2.96. The molecule has 32 heavy (non-hydrogen) atoms. The highest BCUT2D eigenvalue weighted by molar-refractivity contribution is 5.97. The van der Waals surface area contributed by atoms with Gasteiger partial charge in [-0.3, -0.25) is 9.59 Å². The SMILES string of the molecule is CC(=O)N1c2cc(NC(=O)C3CCN(c4cccc(C(F)(F)F)c4)CC3)ccc2CC1C. The van der Waals surface area contributed by atoms with Gasteiger partial charge in [0.2, 0.25) is 11.8 Å². The van der Waals surface area contributed by atoms with Gasteiger partial charge in [0.25, 0.3) is 0 Å². The minimum atomic E-state index is -4.38. The number of amides is 2. The molecule has 1 N–H and O–H groups in total. The average molecular weight is 445 g/mol. The van der Waals surface area contributed by atoms with Gasteiger partial charge < -0.3 is 15.1 Å². The first kappa shape index (κ1) is 22.2. The van der Waals surface area contributed by atoms with Crippen LogP contribution in [0.25, 0.3) is 0 Å². The van der Waals surface area contributed by atoms with Crippen molar-refractivity contribution in [2.45, 2.75) is 45.3 Å². The van der Waals surface area contributed by atoms with Crippen LogP contribution in [0.4, 0.5) is 30.2 Å². The number of piperidine rings is 1. The number of halogens is 3. The maximum Gasteiger partial charge on any atom is 0.416 e. The Hall–Kier alpha value is -3.03. The molecular formula is C24H26F3N3O2. The van der Waals surface area contributed by atoms with Gasteiger partial charge in [-0.1, -0.05) is 12.1 Å². The fourth-order valence-electron chi connectivity index (χ4n) is 4.69. The van der Waals surface area contributed by atoms with E-state index < -0.39 is 11.7 Å². The third-order valence-electron chi connectivity index (χ3n) is 6.31. The third-order valence-corrected chi connectivity index (χ3v) is 6.31. The highest BCUT2D eigenvalue weighted by Gasteiger charge is 2.32. The lowest BCUT2D eigenvalue weighted by Crippen LogP contribution is -2.38. The molecule has 2 aliphatic heterocycles. The van der Waals surface area contributed by atoms with Crippen molar-refractivity contribution in [2.24, 2.45) is 5.92 Å². The molecule has 0 radical (unpaired) electrons. The molecule has 1 atom stereocenters. The Morgan fingerprint density at radius 3 is 2.44 bits per heavy atom. The van der Waals surface area contributed by atoms with Crippen molar-refractivity contribution in [1.29, 1.82) is 0 Å². The van der Waals surface area contributed by atoms with Crippen LogP contribution in [0.5, 0.6) is 0 Å². The zero-order valence-corrected chi connectivity index (χ0v) is 18.1. The molecule has 4 rings (SSSR count). The van der Waals surface area contributed by atoms with Gasteiger partial charge in [-0.05, 0) is 62.1 Å². The lowest BCUT2D eigenvalue weighted by atomic mass is 9.95. The van der Waals surface area contributed by atoms with Crippen LogP contribution in [0, 0.1) is 5.92 Å². The first-order valence-corrected chi connectivity index (χ1v) is 10.8. The minimum Gasteiger partial charge on any atom is -0.371 e. The van der Waals surface area contributed by atoms with Gasteiger partial charge in [0.1, 0.15) is 0 Å². The fraction of sp³-hybridized carbons (Fsp3) is 0.417. The minimum absolute atomic E-state index is 0.0262. The van der Waals surface area contributed by atoms with Crippen LogP contribution in [0.3, 0.4) is 0 Å². The first-order valence-electron chi connectivity index (χ1n) is 10.8. The van der Waals surface area contributed by atoms with Crippen molar-refractivity contribution in [2.75, 3.05) is 28.2 Å². The van der Waals surface area contributed by atoms with Crippen molar-refractivity contribution in [3.8, 4) is 0 Å². The Bertz CT molecular complexity index is 1030. The number of carbonyl (C=O) groups excluding carboxylic acids is 2. The van der Waals surface area contributed by atoms with E-state index in [0.29, 0.717) is 37.3 Å². The predicted molar refractivity (Wildman–Crippen MR) is 118 cm³/mol. The molecule has 2 heterocycles. The third kappa shape index (κ3) is 4.45. The van der Waals surface area contributed by atoms with E-state index in [4.69, 9.17) is 0 Å². The molecule has 0 aliphatic carbocycles. The topological polar surface area (TPSA) is 52.7 Å². The molecule has 0 aromatic heterocycles. The summed E-state index contributed by atoms with van der Waals surface area (Å²) in [5.74, 6) is -0.344. The smallest absolute Gasteiger partial charge is 0.371 e. The Kier molecular flexibility index (Phi) is 5.88. The van der Waals surface area contributed by atoms with Gasteiger partial charge in [0.15, 0.2) is 0 Å². The van der Waals surface area contributed by atoms with Crippen LogP contribution in [0.2, 0.25) is 0 Å². The zero-order valence-electron chi connectivity index (χ0n) is 18.1. The highest BCUT2D eigenvalue weighted by Crippen LogP contribution is 2.35. The number of carbonyl (C=O) groups is 2. The van der Waals surface area contributed by atoms with Crippen molar-refractivity contribution in [3.05, 3.63) is 53.6 Å². The van der Waals surface area contributed by atoms with E-state index in [1.807, 2.05) is 30.0 Å². The summed E-state index contributed by atoms with van der Waals surface area (Å²) in [7, 11) is 0. The van der Waals surface area contributed by atoms with E-state index in [0.717, 1.165) is 29.8 Å². The van der Waals surface area contributed by atoms with Crippen molar-refractivity contribution in [1.82, 2.24) is 0 Å². The largest absolute Gasteiger partial charge is 0.416 e. The summed E-state index contributed by atoms with van der Waals surface area (Å²) in [4.78, 5) is 28.5. The molecule has 2 amide bonds. The van der Waals surface area contributed by atoms with E-state index in [1.54, 1.807) is 11.0 Å². The summed E-state index contributed by atoms with van der Waals surface area (Å²) < 4.78 is 39.0. The normalized spacial score (nSPS) is 19.1. The predicted octanol–water partition coefficient (Wildman–Crippen LogP) is 4.86. The summed E-state index contributed by atoms with van der Waals surface area (Å²) in [5.41, 5.74) is 2.42. The molecule has 170 valence electrons. The number of anilines is 3. The molecule has 0 bridgehead atoms. The van der Waals surface area contributed by atoms with Gasteiger partial charge in [0.05, 0.1) is 5.56 Å². The maximum absolute atomic E-state index is 13.0. The number of hydrogen-bond acceptors (Lipinski definition) is 3. The molecular weight excluding hydrogens is 419 g/mol. The van der Waals surface area contributed by atoms with Gasteiger partial charge in [0, 0.05) is 49.0 Å². The van der Waals surface area contributed by atoms with E-state index in [9.17, 15) is 22.8 Å². The number of rotatable bonds is 3. The van der Waals surface area contributed by atoms with Crippen LogP contribution in [0.1, 0.15) is 37.8 Å². The molecule has 2 aromatic rings. The summed E-state index contributed by atoms with van der Waals surface area (Å²) in [6, 6.07) is 11.0. The molecule has 0 saturated carbocycles. The second-order valence-electron chi connectivity index (χ2n) is 8.58. The second-order valence-corrected chi connectivity index (χ2v) is 8.58. The summed E-state index contributed by atoms with van der Waals surface area (Å²) in [6.45, 7) is 4.56. The number of nitrogens with zero attached hydrogens (tertiary/aromatic N) is 2. The Morgan fingerprint density at radius 2 is 1.78 bits per heavy atom. The van der Waals surface area contributed by atoms with Gasteiger partial charge >= 0.3 is 6.18 Å². The molecule has 2 aliphatic rings. The molecule has 2 aromatic carbocycles. The second kappa shape index (κ2) is 8.48. The summed E-state index contributed by atoms with van der Waals surface area (Å²) >= 11 is 0. The van der Waals surface area contributed by atoms with Crippen LogP contribution in [-0.2, 0) is 22.2 Å². The summed E-state index contributed by atoms with van der Waals surface area (Å²) in [6.07, 6.45) is -2.47. The molecule has 1 saturated heterocycles. The van der Waals surface area contributed by atoms with E-state index in [2.05, 4.69) is 5.32 Å². The van der Waals surface area contributed by atoms with Crippen molar-refractivity contribution < 1.29 is 22.8 Å². The van der Waals surface area contributed by atoms with Crippen LogP contribution >= 0.6 is 0 Å². The Balaban J connectivity index is 1.38. The van der Waals surface area contributed by atoms with Gasteiger partial charge in [-0.15, -0.1) is 0 Å². The number of hydrogen-bond donors (Lipinski definition) is 1. The highest BCUT2D eigenvalue weighted by atomic mass is 19.4. The number of alkyl halides is 3. The fourth-order valence-corrected chi connectivity index (χ4v) is 4.69. The number of benzene rings is 2. The Labute approximate surface area is 185 Å². The van der Waals surface area contributed by atoms with Crippen molar-refractivity contribution in [3.63, 3.8) is 0 Å².